The lowest BCUT2D eigenvalue weighted by molar-refractivity contribution is -0.141. The molecule has 0 amide bonds. The van der Waals surface area contributed by atoms with Crippen molar-refractivity contribution in [2.75, 3.05) is 31.1 Å². The third-order valence-electron chi connectivity index (χ3n) is 7.07. The van der Waals surface area contributed by atoms with Crippen LogP contribution in [0.5, 0.6) is 0 Å². The summed E-state index contributed by atoms with van der Waals surface area (Å²) in [7, 11) is -7.88. The number of fused-ring (bicyclic) bond motifs is 1. The first-order valence-corrected chi connectivity index (χ1v) is 15.6. The smallest absolute Gasteiger partial charge is 0.416 e. The molecule has 226 valence electrons. The Morgan fingerprint density at radius 2 is 1.60 bits per heavy atom. The maximum absolute atomic E-state index is 13.2. The summed E-state index contributed by atoms with van der Waals surface area (Å²) in [5.41, 5.74) is 1.41. The van der Waals surface area contributed by atoms with Crippen molar-refractivity contribution in [3.63, 3.8) is 0 Å². The van der Waals surface area contributed by atoms with Crippen LogP contribution in [-0.2, 0) is 44.0 Å². The highest BCUT2D eigenvalue weighted by Gasteiger charge is 2.36. The maximum atomic E-state index is 13.2. The van der Waals surface area contributed by atoms with Crippen molar-refractivity contribution >= 4 is 31.9 Å². The fourth-order valence-corrected chi connectivity index (χ4v) is 6.99. The summed E-state index contributed by atoms with van der Waals surface area (Å²) in [6.07, 6.45) is -2.94. The number of anilines is 1. The Morgan fingerprint density at radius 1 is 0.952 bits per heavy atom. The Kier molecular flexibility index (Phi) is 8.97. The Balaban J connectivity index is 0.000000310. The van der Waals surface area contributed by atoms with Crippen LogP contribution in [0.3, 0.4) is 0 Å². The van der Waals surface area contributed by atoms with E-state index in [9.17, 15) is 39.9 Å². The number of pyridine rings is 1. The van der Waals surface area contributed by atoms with E-state index in [4.69, 9.17) is 4.55 Å². The second kappa shape index (κ2) is 12.0. The molecule has 1 aromatic heterocycles. The Morgan fingerprint density at radius 3 is 2.17 bits per heavy atom. The van der Waals surface area contributed by atoms with Gasteiger partial charge >= 0.3 is 12.1 Å². The quantitative estimate of drug-likeness (QED) is 0.405. The van der Waals surface area contributed by atoms with Crippen molar-refractivity contribution in [1.29, 1.82) is 0 Å². The van der Waals surface area contributed by atoms with E-state index in [2.05, 4.69) is 4.98 Å². The van der Waals surface area contributed by atoms with Crippen LogP contribution in [0.25, 0.3) is 0 Å². The number of aliphatic carboxylic acids is 1. The molecule has 1 aliphatic carbocycles. The van der Waals surface area contributed by atoms with Crippen molar-refractivity contribution in [1.82, 2.24) is 9.29 Å². The number of aryl methyl sites for hydroxylation is 1. The Hall–Kier alpha value is -3.53. The van der Waals surface area contributed by atoms with Gasteiger partial charge < -0.3 is 10.0 Å². The van der Waals surface area contributed by atoms with E-state index in [1.165, 1.54) is 22.5 Å². The van der Waals surface area contributed by atoms with Gasteiger partial charge in [0.1, 0.15) is 5.82 Å². The van der Waals surface area contributed by atoms with Gasteiger partial charge in [-0.15, -0.1) is 0 Å². The minimum absolute atomic E-state index is 0.0666. The number of hydrogen-bond donors (Lipinski definition) is 2. The number of piperazine rings is 1. The molecule has 2 N–H and O–H groups in total. The standard InChI is InChI=1S/C20H20F3N3O4S.C7H8O3S/c21-20(22,23)15-4-5-24-18(12-15)25-6-8-26(9-7-25)31(29,30)17-3-1-2-13-10-14(19(27)28)11-16(13)17;1-6-2-4-7(5-3-6)11(8,9)10/h1-5,12,14H,6-11H2,(H,27,28);2-5H,1H3,(H,8,9,10). The summed E-state index contributed by atoms with van der Waals surface area (Å²) in [5, 5.41) is 9.29. The van der Waals surface area contributed by atoms with Crippen LogP contribution in [0.15, 0.2) is 70.6 Å². The van der Waals surface area contributed by atoms with Gasteiger partial charge in [0.25, 0.3) is 10.1 Å². The molecule has 1 fully saturated rings. The van der Waals surface area contributed by atoms with E-state index in [0.717, 1.165) is 29.5 Å². The van der Waals surface area contributed by atoms with E-state index < -0.39 is 43.8 Å². The van der Waals surface area contributed by atoms with Crippen molar-refractivity contribution in [2.24, 2.45) is 5.92 Å². The predicted octanol–water partition coefficient (Wildman–Crippen LogP) is 3.65. The number of aromatic nitrogens is 1. The molecule has 5 rings (SSSR count). The number of halogens is 3. The number of hydrogen-bond acceptors (Lipinski definition) is 7. The minimum Gasteiger partial charge on any atom is -0.481 e. The molecule has 1 unspecified atom stereocenters. The molecular formula is C27H28F3N3O7S2. The average Bonchev–Trinajstić information content (AvgIpc) is 3.38. The second-order valence-electron chi connectivity index (χ2n) is 9.92. The fourth-order valence-electron chi connectivity index (χ4n) is 4.81. The lowest BCUT2D eigenvalue weighted by Gasteiger charge is -2.35. The zero-order valence-electron chi connectivity index (χ0n) is 22.3. The number of benzene rings is 2. The van der Waals surface area contributed by atoms with E-state index in [-0.39, 0.29) is 48.2 Å². The number of carboxylic acids is 1. The highest BCUT2D eigenvalue weighted by Crippen LogP contribution is 2.34. The van der Waals surface area contributed by atoms with Gasteiger partial charge in [-0.2, -0.15) is 25.9 Å². The lowest BCUT2D eigenvalue weighted by atomic mass is 10.1. The Bertz CT molecular complexity index is 1670. The lowest BCUT2D eigenvalue weighted by Crippen LogP contribution is -2.49. The van der Waals surface area contributed by atoms with Crippen LogP contribution in [0, 0.1) is 12.8 Å². The summed E-state index contributed by atoms with van der Waals surface area (Å²) in [5.74, 6) is -1.45. The molecule has 42 heavy (non-hydrogen) atoms. The number of rotatable bonds is 5. The number of nitrogens with zero attached hydrogens (tertiary/aromatic N) is 3. The monoisotopic (exact) mass is 627 g/mol. The molecule has 1 aliphatic heterocycles. The summed E-state index contributed by atoms with van der Waals surface area (Å²) < 4.78 is 96.2. The molecule has 3 aromatic rings. The predicted molar refractivity (Wildman–Crippen MR) is 146 cm³/mol. The van der Waals surface area contributed by atoms with Crippen molar-refractivity contribution in [2.45, 2.75) is 35.7 Å². The number of sulfonamides is 1. The molecular weight excluding hydrogens is 599 g/mol. The molecule has 0 spiro atoms. The van der Waals surface area contributed by atoms with E-state index in [1.807, 2.05) is 6.92 Å². The third-order valence-corrected chi connectivity index (χ3v) is 9.92. The van der Waals surface area contributed by atoms with Crippen LogP contribution in [0.1, 0.15) is 22.3 Å². The van der Waals surface area contributed by atoms with Gasteiger partial charge in [-0.05, 0) is 61.2 Å². The first-order valence-electron chi connectivity index (χ1n) is 12.7. The summed E-state index contributed by atoms with van der Waals surface area (Å²) in [6.45, 7) is 2.41. The van der Waals surface area contributed by atoms with Crippen LogP contribution in [-0.4, -0.2) is 67.9 Å². The zero-order valence-corrected chi connectivity index (χ0v) is 24.0. The summed E-state index contributed by atoms with van der Waals surface area (Å²) in [4.78, 5) is 17.0. The first kappa shape index (κ1) is 31.4. The van der Waals surface area contributed by atoms with Gasteiger partial charge in [0.15, 0.2) is 0 Å². The Labute approximate surface area is 241 Å². The number of alkyl halides is 3. The molecule has 0 radical (unpaired) electrons. The second-order valence-corrected chi connectivity index (χ2v) is 13.2. The SMILES string of the molecule is Cc1ccc(S(=O)(=O)O)cc1.O=C(O)C1Cc2cccc(S(=O)(=O)N3CCN(c4cc(C(F)(F)F)ccn4)CC3)c2C1. The third kappa shape index (κ3) is 7.09. The van der Waals surface area contributed by atoms with Gasteiger partial charge in [0.05, 0.1) is 21.3 Å². The van der Waals surface area contributed by atoms with Crippen LogP contribution < -0.4 is 4.90 Å². The molecule has 0 saturated carbocycles. The molecule has 15 heteroatoms. The number of carbonyl (C=O) groups is 1. The average molecular weight is 628 g/mol. The summed E-state index contributed by atoms with van der Waals surface area (Å²) >= 11 is 0. The molecule has 0 bridgehead atoms. The van der Waals surface area contributed by atoms with Crippen LogP contribution in [0.4, 0.5) is 19.0 Å². The highest BCUT2D eigenvalue weighted by molar-refractivity contribution is 7.89. The van der Waals surface area contributed by atoms with Crippen molar-refractivity contribution in [3.05, 3.63) is 83.0 Å². The molecule has 2 aromatic carbocycles. The molecule has 2 heterocycles. The van der Waals surface area contributed by atoms with Crippen LogP contribution in [0.2, 0.25) is 0 Å². The maximum Gasteiger partial charge on any atom is 0.416 e. The molecule has 1 atom stereocenters. The minimum atomic E-state index is -4.48. The van der Waals surface area contributed by atoms with Crippen LogP contribution >= 0.6 is 0 Å². The van der Waals surface area contributed by atoms with Crippen molar-refractivity contribution < 1.29 is 44.5 Å². The zero-order chi connectivity index (χ0) is 30.9. The largest absolute Gasteiger partial charge is 0.481 e. The van der Waals surface area contributed by atoms with E-state index in [1.54, 1.807) is 29.2 Å². The molecule has 10 nitrogen and oxygen atoms in total. The normalized spacial score (nSPS) is 17.7. The van der Waals surface area contributed by atoms with Gasteiger partial charge in [0.2, 0.25) is 10.0 Å². The van der Waals surface area contributed by atoms with E-state index in [0.29, 0.717) is 12.0 Å². The fraction of sp³-hybridized carbons (Fsp3) is 0.333. The van der Waals surface area contributed by atoms with Crippen molar-refractivity contribution in [3.8, 4) is 0 Å². The molecule has 1 saturated heterocycles. The van der Waals surface area contributed by atoms with Gasteiger partial charge in [-0.25, -0.2) is 13.4 Å². The highest BCUT2D eigenvalue weighted by atomic mass is 32.2. The van der Waals surface area contributed by atoms with Gasteiger partial charge in [-0.1, -0.05) is 29.8 Å². The molecule has 2 aliphatic rings. The topological polar surface area (TPSA) is 145 Å². The first-order chi connectivity index (χ1) is 19.6. The summed E-state index contributed by atoms with van der Waals surface area (Å²) in [6, 6.07) is 12.7. The van der Waals surface area contributed by atoms with E-state index >= 15 is 0 Å². The number of carboxylic acid groups (broad SMARTS) is 1. The van der Waals surface area contributed by atoms with Gasteiger partial charge in [-0.3, -0.25) is 9.35 Å². The van der Waals surface area contributed by atoms with Gasteiger partial charge in [0, 0.05) is 32.4 Å².